The molecule has 104 valence electrons. The summed E-state index contributed by atoms with van der Waals surface area (Å²) in [7, 11) is -3.79. The smallest absolute Gasteiger partial charge is 0.328 e. The number of nitrogens with zero attached hydrogens (tertiary/aromatic N) is 2. The van der Waals surface area contributed by atoms with Gasteiger partial charge in [0.2, 0.25) is 0 Å². The molecule has 9 heteroatoms. The summed E-state index contributed by atoms with van der Waals surface area (Å²) >= 11 is 0. The lowest BCUT2D eigenvalue weighted by Crippen LogP contribution is -2.14. The van der Waals surface area contributed by atoms with Crippen LogP contribution in [0.1, 0.15) is 5.69 Å². The summed E-state index contributed by atoms with van der Waals surface area (Å²) in [5, 5.41) is 14.3. The third kappa shape index (κ3) is 3.42. The quantitative estimate of drug-likeness (QED) is 0.697. The molecule has 0 aliphatic rings. The lowest BCUT2D eigenvalue weighted by molar-refractivity contribution is -0.131. The molecule has 0 aliphatic heterocycles. The van der Waals surface area contributed by atoms with E-state index in [2.05, 4.69) is 19.9 Å². The predicted octanol–water partition coefficient (Wildman–Crippen LogP) is 0.703. The van der Waals surface area contributed by atoms with Crippen LogP contribution in [0.4, 0.5) is 5.82 Å². The Labute approximate surface area is 114 Å². The minimum Gasteiger partial charge on any atom is -0.478 e. The minimum absolute atomic E-state index is 0.0761. The number of hydrogen-bond donors (Lipinski definition) is 3. The molecular weight excluding hydrogens is 284 g/mol. The number of rotatable bonds is 5. The van der Waals surface area contributed by atoms with Crippen molar-refractivity contribution in [3.05, 3.63) is 42.2 Å². The zero-order valence-corrected chi connectivity index (χ0v) is 10.8. The van der Waals surface area contributed by atoms with Crippen LogP contribution in [0.25, 0.3) is 6.08 Å². The third-order valence-corrected chi connectivity index (χ3v) is 3.46. The van der Waals surface area contributed by atoms with Crippen LogP contribution in [-0.4, -0.2) is 34.7 Å². The van der Waals surface area contributed by atoms with Gasteiger partial charge in [0.1, 0.15) is 5.82 Å². The first kappa shape index (κ1) is 13.7. The minimum atomic E-state index is -3.79. The summed E-state index contributed by atoms with van der Waals surface area (Å²) in [6.07, 6.45) is 3.49. The molecule has 0 saturated carbocycles. The molecule has 0 saturated heterocycles. The average Bonchev–Trinajstić information content (AvgIpc) is 2.91. The summed E-state index contributed by atoms with van der Waals surface area (Å²) in [6.45, 7) is 0. The summed E-state index contributed by atoms with van der Waals surface area (Å²) in [5.74, 6) is -1.04. The number of carboxylic acids is 1. The van der Waals surface area contributed by atoms with Gasteiger partial charge in [-0.05, 0) is 24.3 Å². The maximum Gasteiger partial charge on any atom is 0.328 e. The molecule has 2 rings (SSSR count). The van der Waals surface area contributed by atoms with E-state index >= 15 is 0 Å². The summed E-state index contributed by atoms with van der Waals surface area (Å²) in [4.78, 5) is 14.4. The van der Waals surface area contributed by atoms with E-state index in [9.17, 15) is 13.2 Å². The lowest BCUT2D eigenvalue weighted by atomic mass is 10.3. The highest BCUT2D eigenvalue weighted by atomic mass is 32.2. The van der Waals surface area contributed by atoms with Crippen molar-refractivity contribution in [2.75, 3.05) is 4.72 Å². The molecule has 20 heavy (non-hydrogen) atoms. The normalized spacial score (nSPS) is 11.6. The molecule has 3 N–H and O–H groups in total. The molecule has 8 nitrogen and oxygen atoms in total. The highest BCUT2D eigenvalue weighted by molar-refractivity contribution is 7.92. The van der Waals surface area contributed by atoms with Crippen molar-refractivity contribution >= 4 is 27.9 Å². The number of anilines is 1. The number of aromatic nitrogens is 3. The first-order chi connectivity index (χ1) is 9.47. The van der Waals surface area contributed by atoms with Crippen LogP contribution < -0.4 is 4.72 Å². The number of carboxylic acid groups (broad SMARTS) is 1. The maximum atomic E-state index is 11.9. The molecule has 2 aromatic heterocycles. The van der Waals surface area contributed by atoms with E-state index in [-0.39, 0.29) is 10.8 Å². The second-order valence-corrected chi connectivity index (χ2v) is 5.30. The van der Waals surface area contributed by atoms with E-state index in [1.165, 1.54) is 24.4 Å². The Kier molecular flexibility index (Phi) is 3.80. The van der Waals surface area contributed by atoms with Gasteiger partial charge in [0.25, 0.3) is 10.0 Å². The van der Waals surface area contributed by atoms with Crippen molar-refractivity contribution < 1.29 is 18.3 Å². The van der Waals surface area contributed by atoms with Crippen LogP contribution in [0, 0.1) is 0 Å². The van der Waals surface area contributed by atoms with Crippen LogP contribution in [0.3, 0.4) is 0 Å². The molecule has 0 aromatic carbocycles. The van der Waals surface area contributed by atoms with Gasteiger partial charge in [-0.2, -0.15) is 13.5 Å². The van der Waals surface area contributed by atoms with Crippen molar-refractivity contribution in [1.82, 2.24) is 15.2 Å². The molecule has 0 radical (unpaired) electrons. The Bertz CT molecular complexity index is 738. The van der Waals surface area contributed by atoms with Gasteiger partial charge in [0.05, 0.1) is 11.9 Å². The molecule has 0 aliphatic carbocycles. The van der Waals surface area contributed by atoms with Crippen LogP contribution in [0.5, 0.6) is 0 Å². The molecular formula is C11H10N4O4S. The number of carbonyl (C=O) groups is 1. The number of pyridine rings is 1. The van der Waals surface area contributed by atoms with Gasteiger partial charge < -0.3 is 5.11 Å². The van der Waals surface area contributed by atoms with Crippen molar-refractivity contribution in [2.24, 2.45) is 0 Å². The standard InChI is InChI=1S/C11H10N4O4S/c16-11(17)5-4-8-2-1-3-9(13-8)15-20(18,19)10-6-7-12-14-10/h1-7H,(H,12,14)(H,13,15)(H,16,17)/b5-4+. The number of H-pyrrole nitrogens is 1. The average molecular weight is 294 g/mol. The number of nitrogens with one attached hydrogen (secondary N) is 2. The number of aliphatic carboxylic acids is 1. The number of hydrogen-bond acceptors (Lipinski definition) is 5. The second kappa shape index (κ2) is 5.53. The molecule has 0 atom stereocenters. The Morgan fingerprint density at radius 2 is 2.15 bits per heavy atom. The SMILES string of the molecule is O=C(O)/C=C/c1cccc(NS(=O)(=O)c2ccn[nH]2)n1. The Morgan fingerprint density at radius 3 is 2.80 bits per heavy atom. The van der Waals surface area contributed by atoms with Crippen LogP contribution in [-0.2, 0) is 14.8 Å². The van der Waals surface area contributed by atoms with Gasteiger partial charge >= 0.3 is 5.97 Å². The van der Waals surface area contributed by atoms with Crippen LogP contribution in [0.15, 0.2) is 41.6 Å². The topological polar surface area (TPSA) is 125 Å². The van der Waals surface area contributed by atoms with Crippen molar-refractivity contribution in [1.29, 1.82) is 0 Å². The monoisotopic (exact) mass is 294 g/mol. The summed E-state index contributed by atoms with van der Waals surface area (Å²) in [5.41, 5.74) is 0.317. The number of aromatic amines is 1. The van der Waals surface area contributed by atoms with Crippen LogP contribution >= 0.6 is 0 Å². The van der Waals surface area contributed by atoms with Crippen LogP contribution in [0.2, 0.25) is 0 Å². The summed E-state index contributed by atoms with van der Waals surface area (Å²) in [6, 6.07) is 5.86. The van der Waals surface area contributed by atoms with E-state index in [0.29, 0.717) is 5.69 Å². The van der Waals surface area contributed by atoms with Crippen molar-refractivity contribution in [3.63, 3.8) is 0 Å². The summed E-state index contributed by atoms with van der Waals surface area (Å²) < 4.78 is 26.1. The lowest BCUT2D eigenvalue weighted by Gasteiger charge is -2.05. The van der Waals surface area contributed by atoms with E-state index < -0.39 is 16.0 Å². The van der Waals surface area contributed by atoms with E-state index in [1.807, 2.05) is 0 Å². The zero-order valence-electron chi connectivity index (χ0n) is 10.0. The molecule has 2 aromatic rings. The van der Waals surface area contributed by atoms with Gasteiger partial charge in [0.15, 0.2) is 5.03 Å². The molecule has 0 spiro atoms. The van der Waals surface area contributed by atoms with E-state index in [0.717, 1.165) is 6.08 Å². The fourth-order valence-corrected chi connectivity index (χ4v) is 2.26. The highest BCUT2D eigenvalue weighted by Crippen LogP contribution is 2.12. The highest BCUT2D eigenvalue weighted by Gasteiger charge is 2.15. The van der Waals surface area contributed by atoms with E-state index in [1.54, 1.807) is 12.1 Å². The molecule has 2 heterocycles. The third-order valence-electron chi connectivity index (χ3n) is 2.17. The van der Waals surface area contributed by atoms with Gasteiger partial charge in [-0.15, -0.1) is 0 Å². The Balaban J connectivity index is 2.22. The fraction of sp³-hybridized carbons (Fsp3) is 0. The van der Waals surface area contributed by atoms with Gasteiger partial charge in [-0.25, -0.2) is 9.78 Å². The largest absolute Gasteiger partial charge is 0.478 e. The van der Waals surface area contributed by atoms with E-state index in [4.69, 9.17) is 5.11 Å². The first-order valence-corrected chi connectivity index (χ1v) is 6.86. The molecule has 0 amide bonds. The zero-order chi connectivity index (χ0) is 14.6. The van der Waals surface area contributed by atoms with Gasteiger partial charge in [-0.1, -0.05) is 6.07 Å². The Morgan fingerprint density at radius 1 is 1.35 bits per heavy atom. The predicted molar refractivity (Wildman–Crippen MR) is 70.3 cm³/mol. The number of sulfonamides is 1. The molecule has 0 unspecified atom stereocenters. The molecule has 0 bridgehead atoms. The fourth-order valence-electron chi connectivity index (χ4n) is 1.34. The Hall–Kier alpha value is -2.68. The van der Waals surface area contributed by atoms with Gasteiger partial charge in [0, 0.05) is 6.08 Å². The van der Waals surface area contributed by atoms with Crippen molar-refractivity contribution in [3.8, 4) is 0 Å². The molecule has 0 fully saturated rings. The van der Waals surface area contributed by atoms with Crippen molar-refractivity contribution in [2.45, 2.75) is 5.03 Å². The first-order valence-electron chi connectivity index (χ1n) is 5.38. The van der Waals surface area contributed by atoms with Gasteiger partial charge in [-0.3, -0.25) is 9.82 Å². The maximum absolute atomic E-state index is 11.9. The second-order valence-electron chi connectivity index (χ2n) is 3.65.